The molecule has 0 saturated carbocycles. The molecular weight excluding hydrogens is 134 g/mol. The van der Waals surface area contributed by atoms with Crippen molar-refractivity contribution in [3.05, 3.63) is 36.6 Å². The van der Waals surface area contributed by atoms with Gasteiger partial charge in [-0.3, -0.25) is 4.99 Å². The molecule has 0 aromatic rings. The van der Waals surface area contributed by atoms with E-state index in [4.69, 9.17) is 0 Å². The molecule has 0 fully saturated rings. The molecule has 0 aliphatic heterocycles. The molecule has 0 bridgehead atoms. The van der Waals surface area contributed by atoms with E-state index in [1.165, 1.54) is 0 Å². The van der Waals surface area contributed by atoms with Crippen LogP contribution < -0.4 is 0 Å². The molecule has 0 atom stereocenters. The zero-order chi connectivity index (χ0) is 8.69. The normalized spacial score (nSPS) is 13.2. The standard InChI is InChI=1S/C10H15N/c1-5-7-10(9(3)4)11-8-6-2/h5-8H,3H2,1-2,4H3/b7-5-,8-6-,11-10+. The summed E-state index contributed by atoms with van der Waals surface area (Å²) in [5.41, 5.74) is 1.92. The summed E-state index contributed by atoms with van der Waals surface area (Å²) in [6.45, 7) is 9.66. The first kappa shape index (κ1) is 9.89. The van der Waals surface area contributed by atoms with Crippen molar-refractivity contribution < 1.29 is 0 Å². The minimum atomic E-state index is 0.936. The van der Waals surface area contributed by atoms with Crippen molar-refractivity contribution in [2.75, 3.05) is 0 Å². The Balaban J connectivity index is 4.45. The van der Waals surface area contributed by atoms with E-state index in [0.717, 1.165) is 11.3 Å². The van der Waals surface area contributed by atoms with Gasteiger partial charge in [-0.15, -0.1) is 0 Å². The van der Waals surface area contributed by atoms with Crippen LogP contribution in [0.5, 0.6) is 0 Å². The summed E-state index contributed by atoms with van der Waals surface area (Å²) in [7, 11) is 0. The molecule has 0 unspecified atom stereocenters. The van der Waals surface area contributed by atoms with Crippen molar-refractivity contribution in [2.24, 2.45) is 4.99 Å². The molecule has 0 amide bonds. The van der Waals surface area contributed by atoms with Crippen molar-refractivity contribution in [3.63, 3.8) is 0 Å². The average Bonchev–Trinajstić information content (AvgIpc) is 1.97. The van der Waals surface area contributed by atoms with Crippen molar-refractivity contribution in [3.8, 4) is 0 Å². The van der Waals surface area contributed by atoms with Crippen LogP contribution in [-0.4, -0.2) is 5.71 Å². The SMILES string of the molecule is C=C(C)C(/C=C\C)=N/C=C\C. The summed E-state index contributed by atoms with van der Waals surface area (Å²) < 4.78 is 0. The minimum Gasteiger partial charge on any atom is -0.257 e. The van der Waals surface area contributed by atoms with Crippen molar-refractivity contribution in [1.82, 2.24) is 0 Å². The molecule has 0 saturated heterocycles. The molecule has 0 spiro atoms. The Bertz CT molecular complexity index is 207. The van der Waals surface area contributed by atoms with Crippen LogP contribution in [0.15, 0.2) is 41.6 Å². The maximum absolute atomic E-state index is 4.18. The fourth-order valence-electron chi connectivity index (χ4n) is 0.608. The lowest BCUT2D eigenvalue weighted by Gasteiger charge is -1.95. The molecule has 0 heterocycles. The van der Waals surface area contributed by atoms with E-state index in [0.29, 0.717) is 0 Å². The van der Waals surface area contributed by atoms with Crippen LogP contribution in [0.3, 0.4) is 0 Å². The smallest absolute Gasteiger partial charge is 0.0649 e. The Labute approximate surface area is 68.9 Å². The van der Waals surface area contributed by atoms with Gasteiger partial charge in [-0.1, -0.05) is 18.7 Å². The number of nitrogens with zero attached hydrogens (tertiary/aromatic N) is 1. The summed E-state index contributed by atoms with van der Waals surface area (Å²) in [5.74, 6) is 0. The second-order valence-electron chi connectivity index (χ2n) is 2.28. The minimum absolute atomic E-state index is 0.936. The first-order valence-corrected chi connectivity index (χ1v) is 3.70. The number of aliphatic imine (C=N–C) groups is 1. The molecule has 11 heavy (non-hydrogen) atoms. The van der Waals surface area contributed by atoms with Gasteiger partial charge in [0.2, 0.25) is 0 Å². The second-order valence-corrected chi connectivity index (χ2v) is 2.28. The van der Waals surface area contributed by atoms with E-state index in [9.17, 15) is 0 Å². The third-order valence-electron chi connectivity index (χ3n) is 1.12. The van der Waals surface area contributed by atoms with Gasteiger partial charge in [-0.25, -0.2) is 0 Å². The maximum Gasteiger partial charge on any atom is 0.0649 e. The molecule has 1 nitrogen and oxygen atoms in total. The first-order valence-electron chi connectivity index (χ1n) is 3.70. The Morgan fingerprint density at radius 2 is 1.91 bits per heavy atom. The predicted molar refractivity (Wildman–Crippen MR) is 51.9 cm³/mol. The summed E-state index contributed by atoms with van der Waals surface area (Å²) in [6, 6.07) is 0. The quantitative estimate of drug-likeness (QED) is 0.547. The van der Waals surface area contributed by atoms with Crippen molar-refractivity contribution >= 4 is 5.71 Å². The van der Waals surface area contributed by atoms with Gasteiger partial charge in [0.25, 0.3) is 0 Å². The van der Waals surface area contributed by atoms with Gasteiger partial charge in [0.1, 0.15) is 0 Å². The summed E-state index contributed by atoms with van der Waals surface area (Å²) in [6.07, 6.45) is 7.57. The fraction of sp³-hybridized carbons (Fsp3) is 0.300. The van der Waals surface area contributed by atoms with E-state index >= 15 is 0 Å². The van der Waals surface area contributed by atoms with Gasteiger partial charge in [0, 0.05) is 6.20 Å². The summed E-state index contributed by atoms with van der Waals surface area (Å²) >= 11 is 0. The van der Waals surface area contributed by atoms with Gasteiger partial charge in [-0.05, 0) is 32.4 Å². The number of hydrogen-bond donors (Lipinski definition) is 0. The highest BCUT2D eigenvalue weighted by molar-refractivity contribution is 6.07. The molecule has 0 rings (SSSR count). The fourth-order valence-corrected chi connectivity index (χ4v) is 0.608. The first-order chi connectivity index (χ1) is 5.22. The van der Waals surface area contributed by atoms with Gasteiger partial charge in [0.15, 0.2) is 0 Å². The molecule has 0 radical (unpaired) electrons. The molecule has 0 N–H and O–H groups in total. The molecule has 1 heteroatoms. The van der Waals surface area contributed by atoms with E-state index in [1.54, 1.807) is 6.20 Å². The zero-order valence-electron chi connectivity index (χ0n) is 7.46. The van der Waals surface area contributed by atoms with Crippen LogP contribution >= 0.6 is 0 Å². The second kappa shape index (κ2) is 5.66. The predicted octanol–water partition coefficient (Wildman–Crippen LogP) is 3.11. The van der Waals surface area contributed by atoms with E-state index < -0.39 is 0 Å². The molecular formula is C10H15N. The monoisotopic (exact) mass is 149 g/mol. The Morgan fingerprint density at radius 1 is 1.27 bits per heavy atom. The van der Waals surface area contributed by atoms with E-state index in [2.05, 4.69) is 11.6 Å². The number of rotatable bonds is 3. The molecule has 60 valence electrons. The van der Waals surface area contributed by atoms with Crippen LogP contribution in [0.25, 0.3) is 0 Å². The largest absolute Gasteiger partial charge is 0.257 e. The highest BCUT2D eigenvalue weighted by atomic mass is 14.7. The third kappa shape index (κ3) is 4.31. The van der Waals surface area contributed by atoms with Crippen LogP contribution in [0, 0.1) is 0 Å². The van der Waals surface area contributed by atoms with E-state index in [-0.39, 0.29) is 0 Å². The van der Waals surface area contributed by atoms with Gasteiger partial charge >= 0.3 is 0 Å². The average molecular weight is 149 g/mol. The van der Waals surface area contributed by atoms with Crippen LogP contribution in [-0.2, 0) is 0 Å². The lowest BCUT2D eigenvalue weighted by molar-refractivity contribution is 1.48. The van der Waals surface area contributed by atoms with Gasteiger partial charge in [0.05, 0.1) is 5.71 Å². The highest BCUT2D eigenvalue weighted by Gasteiger charge is 1.90. The number of hydrogen-bond acceptors (Lipinski definition) is 1. The molecule has 0 aliphatic rings. The summed E-state index contributed by atoms with van der Waals surface area (Å²) in [5, 5.41) is 0. The summed E-state index contributed by atoms with van der Waals surface area (Å²) in [4.78, 5) is 4.18. The van der Waals surface area contributed by atoms with E-state index in [1.807, 2.05) is 39.0 Å². The zero-order valence-corrected chi connectivity index (χ0v) is 7.46. The molecule has 0 aromatic carbocycles. The van der Waals surface area contributed by atoms with Gasteiger partial charge < -0.3 is 0 Å². The lowest BCUT2D eigenvalue weighted by Crippen LogP contribution is -1.92. The van der Waals surface area contributed by atoms with Crippen LogP contribution in [0.1, 0.15) is 20.8 Å². The Hall–Kier alpha value is -1.11. The lowest BCUT2D eigenvalue weighted by atomic mass is 10.2. The highest BCUT2D eigenvalue weighted by Crippen LogP contribution is 1.96. The van der Waals surface area contributed by atoms with Crippen molar-refractivity contribution in [2.45, 2.75) is 20.8 Å². The Kier molecular flexibility index (Phi) is 5.09. The Morgan fingerprint density at radius 3 is 2.27 bits per heavy atom. The van der Waals surface area contributed by atoms with Crippen molar-refractivity contribution in [1.29, 1.82) is 0 Å². The number of allylic oxidation sites excluding steroid dienone is 4. The maximum atomic E-state index is 4.18. The molecule has 0 aliphatic carbocycles. The van der Waals surface area contributed by atoms with Crippen LogP contribution in [0.4, 0.5) is 0 Å². The third-order valence-corrected chi connectivity index (χ3v) is 1.12. The molecule has 0 aromatic heterocycles. The van der Waals surface area contributed by atoms with Gasteiger partial charge in [-0.2, -0.15) is 0 Å². The topological polar surface area (TPSA) is 12.4 Å². The van der Waals surface area contributed by atoms with Crippen LogP contribution in [0.2, 0.25) is 0 Å².